The van der Waals surface area contributed by atoms with Crippen molar-refractivity contribution in [2.45, 2.75) is 6.43 Å². The number of hydrogen-bond acceptors (Lipinski definition) is 4. The van der Waals surface area contributed by atoms with Gasteiger partial charge in [-0.1, -0.05) is 0 Å². The number of ether oxygens (including phenoxy) is 1. The highest BCUT2D eigenvalue weighted by atomic mass is 127. The van der Waals surface area contributed by atoms with Gasteiger partial charge in [0, 0.05) is 6.20 Å². The van der Waals surface area contributed by atoms with E-state index in [0.717, 1.165) is 13.3 Å². The third-order valence-electron chi connectivity index (χ3n) is 1.66. The lowest BCUT2D eigenvalue weighted by atomic mass is 10.1. The number of alkyl halides is 2. The van der Waals surface area contributed by atoms with Crippen LogP contribution in [0.4, 0.5) is 8.78 Å². The summed E-state index contributed by atoms with van der Waals surface area (Å²) in [4.78, 5) is 14.7. The van der Waals surface area contributed by atoms with Gasteiger partial charge in [0.1, 0.15) is 9.26 Å². The summed E-state index contributed by atoms with van der Waals surface area (Å²) in [6.07, 6.45) is -2.05. The number of halogens is 3. The van der Waals surface area contributed by atoms with E-state index in [1.54, 1.807) is 22.6 Å². The molecule has 7 heteroatoms. The molecule has 1 aromatic heterocycles. The highest BCUT2D eigenvalue weighted by Gasteiger charge is 2.25. The molecular formula is C8H6F2INO3. The smallest absolute Gasteiger partial charge is 0.342 e. The lowest BCUT2D eigenvalue weighted by molar-refractivity contribution is 0.0584. The Kier molecular flexibility index (Phi) is 3.77. The highest BCUT2D eigenvalue weighted by Crippen LogP contribution is 2.31. The zero-order valence-electron chi connectivity index (χ0n) is 7.50. The van der Waals surface area contributed by atoms with E-state index in [9.17, 15) is 18.7 Å². The van der Waals surface area contributed by atoms with E-state index in [0.29, 0.717) is 0 Å². The summed E-state index contributed by atoms with van der Waals surface area (Å²) in [7, 11) is 1.05. The van der Waals surface area contributed by atoms with Crippen molar-refractivity contribution in [2.24, 2.45) is 0 Å². The first kappa shape index (κ1) is 12.1. The number of aromatic nitrogens is 1. The average molecular weight is 329 g/mol. The van der Waals surface area contributed by atoms with Crippen molar-refractivity contribution in [2.75, 3.05) is 7.11 Å². The number of pyridine rings is 1. The highest BCUT2D eigenvalue weighted by molar-refractivity contribution is 14.1. The van der Waals surface area contributed by atoms with E-state index in [1.165, 1.54) is 0 Å². The van der Waals surface area contributed by atoms with Gasteiger partial charge in [-0.3, -0.25) is 0 Å². The Labute approximate surface area is 97.4 Å². The molecule has 0 aliphatic rings. The van der Waals surface area contributed by atoms with Gasteiger partial charge >= 0.3 is 5.97 Å². The van der Waals surface area contributed by atoms with Crippen molar-refractivity contribution >= 4 is 28.6 Å². The molecule has 0 aliphatic heterocycles. The first-order chi connectivity index (χ1) is 6.99. The average Bonchev–Trinajstić information content (AvgIpc) is 2.20. The van der Waals surface area contributed by atoms with Crippen LogP contribution in [-0.2, 0) is 4.74 Å². The van der Waals surface area contributed by atoms with E-state index >= 15 is 0 Å². The molecule has 0 fully saturated rings. The lowest BCUT2D eigenvalue weighted by Gasteiger charge is -2.09. The first-order valence-electron chi connectivity index (χ1n) is 3.72. The van der Waals surface area contributed by atoms with Gasteiger partial charge in [0.15, 0.2) is 5.75 Å². The van der Waals surface area contributed by atoms with Crippen molar-refractivity contribution in [1.82, 2.24) is 4.98 Å². The van der Waals surface area contributed by atoms with Crippen molar-refractivity contribution in [3.8, 4) is 5.75 Å². The summed E-state index contributed by atoms with van der Waals surface area (Å²) in [5.74, 6) is -1.59. The van der Waals surface area contributed by atoms with E-state index < -0.39 is 29.3 Å². The second-order valence-corrected chi connectivity index (χ2v) is 3.54. The molecule has 0 amide bonds. The Morgan fingerprint density at radius 1 is 1.67 bits per heavy atom. The van der Waals surface area contributed by atoms with Gasteiger partial charge in [-0.25, -0.2) is 18.6 Å². The minimum atomic E-state index is -2.89. The van der Waals surface area contributed by atoms with Gasteiger partial charge in [-0.2, -0.15) is 0 Å². The molecule has 0 unspecified atom stereocenters. The predicted molar refractivity (Wildman–Crippen MR) is 54.9 cm³/mol. The molecule has 0 saturated heterocycles. The third-order valence-corrected chi connectivity index (χ3v) is 2.45. The topological polar surface area (TPSA) is 59.4 Å². The van der Waals surface area contributed by atoms with Gasteiger partial charge in [0.2, 0.25) is 0 Å². The van der Waals surface area contributed by atoms with Crippen molar-refractivity contribution in [1.29, 1.82) is 0 Å². The summed E-state index contributed by atoms with van der Waals surface area (Å²) < 4.78 is 29.3. The number of aromatic hydroxyl groups is 1. The molecule has 0 aliphatic carbocycles. The summed E-state index contributed by atoms with van der Waals surface area (Å²) in [5.41, 5.74) is -1.17. The molecular weight excluding hydrogens is 323 g/mol. The summed E-state index contributed by atoms with van der Waals surface area (Å²) in [6, 6.07) is 0. The standard InChI is InChI=1S/C8H6F2INO3/c1-15-8(14)4-3(6(9)10)2-12-7(11)5(4)13/h2,6,13H,1H3. The molecule has 0 aromatic carbocycles. The number of methoxy groups -OCH3 is 1. The third kappa shape index (κ3) is 2.33. The van der Waals surface area contributed by atoms with Crippen LogP contribution in [0.2, 0.25) is 0 Å². The van der Waals surface area contributed by atoms with Gasteiger partial charge < -0.3 is 9.84 Å². The zero-order chi connectivity index (χ0) is 11.6. The van der Waals surface area contributed by atoms with Crippen molar-refractivity contribution in [3.63, 3.8) is 0 Å². The summed E-state index contributed by atoms with van der Waals surface area (Å²) in [5, 5.41) is 9.42. The van der Waals surface area contributed by atoms with Crippen LogP contribution in [0.3, 0.4) is 0 Å². The number of rotatable bonds is 2. The number of carbonyl (C=O) groups excluding carboxylic acids is 1. The Bertz CT molecular complexity index is 398. The molecule has 82 valence electrons. The Morgan fingerprint density at radius 3 is 2.73 bits per heavy atom. The minimum Gasteiger partial charge on any atom is -0.504 e. The molecule has 0 atom stereocenters. The quantitative estimate of drug-likeness (QED) is 0.513. The minimum absolute atomic E-state index is 0.0670. The van der Waals surface area contributed by atoms with Crippen LogP contribution in [0.5, 0.6) is 5.75 Å². The van der Waals surface area contributed by atoms with E-state index in [4.69, 9.17) is 0 Å². The number of carbonyl (C=O) groups is 1. The number of esters is 1. The SMILES string of the molecule is COC(=O)c1c(C(F)F)cnc(I)c1O. The van der Waals surface area contributed by atoms with Gasteiger partial charge in [0.05, 0.1) is 12.7 Å². The molecule has 0 spiro atoms. The second-order valence-electron chi connectivity index (χ2n) is 2.52. The van der Waals surface area contributed by atoms with E-state index in [-0.39, 0.29) is 3.70 Å². The van der Waals surface area contributed by atoms with Crippen LogP contribution in [-0.4, -0.2) is 23.2 Å². The molecule has 4 nitrogen and oxygen atoms in total. The molecule has 1 N–H and O–H groups in total. The van der Waals surface area contributed by atoms with Gasteiger partial charge in [-0.05, 0) is 22.6 Å². The molecule has 0 radical (unpaired) electrons. The Hall–Kier alpha value is -0.990. The summed E-state index contributed by atoms with van der Waals surface area (Å²) in [6.45, 7) is 0. The Morgan fingerprint density at radius 2 is 2.27 bits per heavy atom. The normalized spacial score (nSPS) is 10.5. The molecule has 0 saturated carbocycles. The maximum absolute atomic E-state index is 12.5. The fourth-order valence-electron chi connectivity index (χ4n) is 0.974. The van der Waals surface area contributed by atoms with E-state index in [2.05, 4.69) is 9.72 Å². The van der Waals surface area contributed by atoms with Crippen LogP contribution < -0.4 is 0 Å². The lowest BCUT2D eigenvalue weighted by Crippen LogP contribution is -2.08. The predicted octanol–water partition coefficient (Wildman–Crippen LogP) is 2.12. The van der Waals surface area contributed by atoms with Crippen molar-refractivity contribution in [3.05, 3.63) is 21.0 Å². The fourth-order valence-corrected chi connectivity index (χ4v) is 1.38. The van der Waals surface area contributed by atoms with Crippen LogP contribution in [0.15, 0.2) is 6.20 Å². The number of nitrogens with zero attached hydrogens (tertiary/aromatic N) is 1. The molecule has 0 bridgehead atoms. The summed E-state index contributed by atoms with van der Waals surface area (Å²) >= 11 is 1.63. The van der Waals surface area contributed by atoms with Crippen LogP contribution in [0.25, 0.3) is 0 Å². The van der Waals surface area contributed by atoms with Crippen LogP contribution in [0.1, 0.15) is 22.3 Å². The van der Waals surface area contributed by atoms with Crippen molar-refractivity contribution < 1.29 is 23.4 Å². The Balaban J connectivity index is 3.41. The molecule has 1 rings (SSSR count). The van der Waals surface area contributed by atoms with Gasteiger partial charge in [-0.15, -0.1) is 0 Å². The second kappa shape index (κ2) is 4.69. The molecule has 1 heterocycles. The first-order valence-corrected chi connectivity index (χ1v) is 4.80. The molecule has 1 aromatic rings. The van der Waals surface area contributed by atoms with Crippen LogP contribution >= 0.6 is 22.6 Å². The zero-order valence-corrected chi connectivity index (χ0v) is 9.66. The van der Waals surface area contributed by atoms with Crippen LogP contribution in [0, 0.1) is 3.70 Å². The fraction of sp³-hybridized carbons (Fsp3) is 0.250. The maximum atomic E-state index is 12.5. The maximum Gasteiger partial charge on any atom is 0.342 e. The number of hydrogen-bond donors (Lipinski definition) is 1. The molecule has 15 heavy (non-hydrogen) atoms. The van der Waals surface area contributed by atoms with E-state index in [1.807, 2.05) is 0 Å². The largest absolute Gasteiger partial charge is 0.504 e. The van der Waals surface area contributed by atoms with Gasteiger partial charge in [0.25, 0.3) is 6.43 Å². The monoisotopic (exact) mass is 329 g/mol.